The lowest BCUT2D eigenvalue weighted by Crippen LogP contribution is -2.54. The van der Waals surface area contributed by atoms with Crippen LogP contribution in [0, 0.1) is 0 Å². The predicted octanol–water partition coefficient (Wildman–Crippen LogP) is 1.40. The summed E-state index contributed by atoms with van der Waals surface area (Å²) in [5, 5.41) is 0. The maximum absolute atomic E-state index is 5.82. The van der Waals surface area contributed by atoms with E-state index >= 15 is 0 Å². The fourth-order valence-electron chi connectivity index (χ4n) is 1.86. The predicted molar refractivity (Wildman–Crippen MR) is 69.9 cm³/mol. The lowest BCUT2D eigenvalue weighted by molar-refractivity contribution is 0.0275. The molecule has 0 heterocycles. The molecule has 2 atom stereocenters. The Balaban J connectivity index is 4.94. The Kier molecular flexibility index (Phi) is 9.02. The van der Waals surface area contributed by atoms with Gasteiger partial charge in [-0.15, -0.1) is 0 Å². The van der Waals surface area contributed by atoms with E-state index in [0.29, 0.717) is 26.4 Å². The summed E-state index contributed by atoms with van der Waals surface area (Å²) in [6.07, 6.45) is -0.105. The summed E-state index contributed by atoms with van der Waals surface area (Å²) in [5.74, 6) is 0. The molecule has 0 saturated carbocycles. The molecule has 0 aliphatic carbocycles. The molecule has 0 radical (unpaired) electrons. The molecule has 6 heteroatoms. The van der Waals surface area contributed by atoms with Crippen molar-refractivity contribution in [3.8, 4) is 0 Å². The minimum Gasteiger partial charge on any atom is -0.380 e. The van der Waals surface area contributed by atoms with Gasteiger partial charge in [0.15, 0.2) is 0 Å². The molecule has 0 aromatic carbocycles. The van der Waals surface area contributed by atoms with Crippen molar-refractivity contribution in [2.45, 2.75) is 39.3 Å². The maximum atomic E-state index is 5.82. The van der Waals surface area contributed by atoms with Crippen molar-refractivity contribution in [2.24, 2.45) is 5.73 Å². The van der Waals surface area contributed by atoms with Crippen LogP contribution in [0.5, 0.6) is 0 Å². The minimum atomic E-state index is -2.71. The highest BCUT2D eigenvalue weighted by Gasteiger charge is 2.50. The highest BCUT2D eigenvalue weighted by Crippen LogP contribution is 2.29. The van der Waals surface area contributed by atoms with Gasteiger partial charge in [0.1, 0.15) is 0 Å². The Morgan fingerprint density at radius 3 is 1.65 bits per heavy atom. The van der Waals surface area contributed by atoms with Crippen LogP contribution in [0.2, 0.25) is 5.54 Å². The highest BCUT2D eigenvalue weighted by molar-refractivity contribution is 6.62. The summed E-state index contributed by atoms with van der Waals surface area (Å²) in [7, 11) is -1.06. The van der Waals surface area contributed by atoms with Gasteiger partial charge in [0.2, 0.25) is 0 Å². The molecule has 0 aliphatic heterocycles. The van der Waals surface area contributed by atoms with Crippen LogP contribution in [0.4, 0.5) is 0 Å². The second-order valence-corrected chi connectivity index (χ2v) is 6.68. The number of methoxy groups -OCH3 is 1. The third-order valence-corrected chi connectivity index (χ3v) is 6.25. The van der Waals surface area contributed by atoms with Gasteiger partial charge in [0, 0.05) is 33.5 Å². The molecule has 17 heavy (non-hydrogen) atoms. The van der Waals surface area contributed by atoms with Gasteiger partial charge in [-0.05, 0) is 20.8 Å². The highest BCUT2D eigenvalue weighted by atomic mass is 28.4. The Hall–Kier alpha value is 0.0169. The van der Waals surface area contributed by atoms with Gasteiger partial charge in [0.05, 0.1) is 11.6 Å². The molecule has 104 valence electrons. The van der Waals surface area contributed by atoms with Crippen LogP contribution in [-0.4, -0.2) is 48.4 Å². The first kappa shape index (κ1) is 17.0. The van der Waals surface area contributed by atoms with Crippen molar-refractivity contribution in [1.82, 2.24) is 0 Å². The van der Waals surface area contributed by atoms with E-state index in [4.69, 9.17) is 23.7 Å². The Labute approximate surface area is 106 Å². The molecule has 0 rings (SSSR count). The van der Waals surface area contributed by atoms with Gasteiger partial charge >= 0.3 is 8.80 Å². The number of hydrogen-bond donors (Lipinski definition) is 1. The van der Waals surface area contributed by atoms with E-state index in [-0.39, 0.29) is 11.6 Å². The normalized spacial score (nSPS) is 15.9. The van der Waals surface area contributed by atoms with Gasteiger partial charge in [-0.3, -0.25) is 0 Å². The molecular weight excluding hydrogens is 238 g/mol. The van der Waals surface area contributed by atoms with Crippen molar-refractivity contribution >= 4 is 8.80 Å². The largest absolute Gasteiger partial charge is 0.506 e. The molecule has 2 N–H and O–H groups in total. The average molecular weight is 265 g/mol. The Morgan fingerprint density at radius 2 is 1.41 bits per heavy atom. The number of nitrogens with two attached hydrogens (primary N) is 1. The second kappa shape index (κ2) is 9.01. The van der Waals surface area contributed by atoms with Crippen LogP contribution in [-0.2, 0) is 18.0 Å². The van der Waals surface area contributed by atoms with Crippen molar-refractivity contribution < 1.29 is 18.0 Å². The van der Waals surface area contributed by atoms with E-state index < -0.39 is 8.80 Å². The van der Waals surface area contributed by atoms with Gasteiger partial charge < -0.3 is 23.7 Å². The van der Waals surface area contributed by atoms with Crippen LogP contribution < -0.4 is 5.73 Å². The summed E-state index contributed by atoms with van der Waals surface area (Å²) >= 11 is 0. The number of rotatable bonds is 10. The van der Waals surface area contributed by atoms with Crippen molar-refractivity contribution in [3.63, 3.8) is 0 Å². The van der Waals surface area contributed by atoms with Crippen LogP contribution in [0.3, 0.4) is 0 Å². The fraction of sp³-hybridized carbons (Fsp3) is 1.00. The van der Waals surface area contributed by atoms with Gasteiger partial charge in [-0.25, -0.2) is 0 Å². The smallest absolute Gasteiger partial charge is 0.380 e. The van der Waals surface area contributed by atoms with E-state index in [0.717, 1.165) is 0 Å². The third kappa shape index (κ3) is 4.65. The van der Waals surface area contributed by atoms with Crippen molar-refractivity contribution in [2.75, 3.05) is 33.5 Å². The van der Waals surface area contributed by atoms with Crippen LogP contribution in [0.1, 0.15) is 27.7 Å². The van der Waals surface area contributed by atoms with E-state index in [2.05, 4.69) is 0 Å². The summed E-state index contributed by atoms with van der Waals surface area (Å²) in [5.41, 5.74) is 5.73. The summed E-state index contributed by atoms with van der Waals surface area (Å²) in [4.78, 5) is 0. The van der Waals surface area contributed by atoms with E-state index in [9.17, 15) is 0 Å². The second-order valence-electron chi connectivity index (χ2n) is 3.70. The molecular formula is C11H27NO4Si. The van der Waals surface area contributed by atoms with Crippen molar-refractivity contribution in [3.05, 3.63) is 0 Å². The summed E-state index contributed by atoms with van der Waals surface area (Å²) in [6, 6.07) is 0. The standard InChI is InChI=1S/C11H27NO4Si/c1-6-14-17(15-7-2,16-8-3)10(4)11(9-12)13-5/h10-11H,6-9,12H2,1-5H3. The molecule has 0 aliphatic rings. The maximum Gasteiger partial charge on any atom is 0.506 e. The Morgan fingerprint density at radius 1 is 1.00 bits per heavy atom. The molecule has 0 fully saturated rings. The van der Waals surface area contributed by atoms with Crippen LogP contribution >= 0.6 is 0 Å². The fourth-order valence-corrected chi connectivity index (χ4v) is 4.83. The molecule has 0 saturated heterocycles. The van der Waals surface area contributed by atoms with Crippen LogP contribution in [0.15, 0.2) is 0 Å². The zero-order valence-corrected chi connectivity index (χ0v) is 12.7. The number of ether oxygens (including phenoxy) is 1. The van der Waals surface area contributed by atoms with Crippen LogP contribution in [0.25, 0.3) is 0 Å². The molecule has 0 spiro atoms. The topological polar surface area (TPSA) is 62.9 Å². The first-order chi connectivity index (χ1) is 8.11. The van der Waals surface area contributed by atoms with E-state index in [1.165, 1.54) is 0 Å². The lowest BCUT2D eigenvalue weighted by Gasteiger charge is -2.36. The monoisotopic (exact) mass is 265 g/mol. The first-order valence-corrected chi connectivity index (χ1v) is 8.06. The molecule has 0 bridgehead atoms. The zero-order chi connectivity index (χ0) is 13.3. The SMILES string of the molecule is CCO[Si](OCC)(OCC)C(C)C(CN)OC. The molecule has 0 aromatic rings. The lowest BCUT2D eigenvalue weighted by atomic mass is 10.3. The zero-order valence-electron chi connectivity index (χ0n) is 11.7. The average Bonchev–Trinajstić information content (AvgIpc) is 2.31. The summed E-state index contributed by atoms with van der Waals surface area (Å²) < 4.78 is 22.8. The summed E-state index contributed by atoms with van der Waals surface area (Å²) in [6.45, 7) is 9.98. The van der Waals surface area contributed by atoms with Crippen molar-refractivity contribution in [1.29, 1.82) is 0 Å². The Bertz CT molecular complexity index is 173. The molecule has 0 amide bonds. The van der Waals surface area contributed by atoms with E-state index in [1.54, 1.807) is 7.11 Å². The van der Waals surface area contributed by atoms with Gasteiger partial charge in [-0.1, -0.05) is 6.92 Å². The quantitative estimate of drug-likeness (QED) is 0.605. The molecule has 5 nitrogen and oxygen atoms in total. The molecule has 2 unspecified atom stereocenters. The van der Waals surface area contributed by atoms with Gasteiger partial charge in [0.25, 0.3) is 0 Å². The first-order valence-electron chi connectivity index (χ1n) is 6.26. The molecule has 0 aromatic heterocycles. The van der Waals surface area contributed by atoms with Gasteiger partial charge in [-0.2, -0.15) is 0 Å². The number of hydrogen-bond acceptors (Lipinski definition) is 5. The van der Waals surface area contributed by atoms with E-state index in [1.807, 2.05) is 27.7 Å². The minimum absolute atomic E-state index is 0.0253. The third-order valence-electron chi connectivity index (χ3n) is 2.69.